The molecule has 2 heterocycles. The molecule has 0 radical (unpaired) electrons. The fraction of sp³-hybridized carbons (Fsp3) is 0.250. The molecule has 0 atom stereocenters. The number of aromatic nitrogens is 3. The van der Waals surface area contributed by atoms with Crippen LogP contribution in [0.15, 0.2) is 42.7 Å². The molecule has 3 rings (SSSR count). The highest BCUT2D eigenvalue weighted by molar-refractivity contribution is 6.31. The van der Waals surface area contributed by atoms with Crippen molar-refractivity contribution in [2.75, 3.05) is 12.4 Å². The van der Waals surface area contributed by atoms with Gasteiger partial charge in [0.05, 0.1) is 18.3 Å². The van der Waals surface area contributed by atoms with Gasteiger partial charge in [-0.3, -0.25) is 9.48 Å². The van der Waals surface area contributed by atoms with Crippen LogP contribution in [0, 0.1) is 13.8 Å². The molecular weight excluding hydrogens is 362 g/mol. The Labute approximate surface area is 163 Å². The second-order valence-electron chi connectivity index (χ2n) is 6.34. The highest BCUT2D eigenvalue weighted by atomic mass is 35.5. The minimum atomic E-state index is -0.170. The van der Waals surface area contributed by atoms with Gasteiger partial charge in [-0.2, -0.15) is 5.10 Å². The number of benzene rings is 1. The second-order valence-corrected chi connectivity index (χ2v) is 6.75. The van der Waals surface area contributed by atoms with Gasteiger partial charge in [0, 0.05) is 30.5 Å². The van der Waals surface area contributed by atoms with E-state index in [1.807, 2.05) is 51.2 Å². The zero-order valence-corrected chi connectivity index (χ0v) is 16.3. The van der Waals surface area contributed by atoms with Gasteiger partial charge in [0.15, 0.2) is 0 Å². The Morgan fingerprint density at radius 1 is 1.26 bits per heavy atom. The van der Waals surface area contributed by atoms with Crippen molar-refractivity contribution in [2.24, 2.45) is 0 Å². The number of aryl methyl sites for hydroxylation is 2. The van der Waals surface area contributed by atoms with Gasteiger partial charge in [-0.05, 0) is 42.7 Å². The van der Waals surface area contributed by atoms with Crippen molar-refractivity contribution in [2.45, 2.75) is 26.9 Å². The summed E-state index contributed by atoms with van der Waals surface area (Å²) in [7, 11) is 1.84. The number of amides is 1. The molecule has 1 aromatic carbocycles. The molecule has 2 N–H and O–H groups in total. The van der Waals surface area contributed by atoms with E-state index in [0.717, 1.165) is 28.2 Å². The van der Waals surface area contributed by atoms with E-state index in [2.05, 4.69) is 20.7 Å². The van der Waals surface area contributed by atoms with Crippen LogP contribution in [0.5, 0.6) is 0 Å². The molecule has 0 aliphatic carbocycles. The Morgan fingerprint density at radius 2 is 2.04 bits per heavy atom. The third-order valence-corrected chi connectivity index (χ3v) is 4.79. The number of anilines is 1. The van der Waals surface area contributed by atoms with Crippen LogP contribution in [0.1, 0.15) is 32.7 Å². The van der Waals surface area contributed by atoms with Crippen LogP contribution in [-0.4, -0.2) is 27.7 Å². The normalized spacial score (nSPS) is 10.7. The van der Waals surface area contributed by atoms with Crippen molar-refractivity contribution < 1.29 is 4.79 Å². The molecule has 0 bridgehead atoms. The highest BCUT2D eigenvalue weighted by Crippen LogP contribution is 2.17. The lowest BCUT2D eigenvalue weighted by Gasteiger charge is -2.12. The minimum absolute atomic E-state index is 0.170. The Morgan fingerprint density at radius 3 is 2.74 bits per heavy atom. The van der Waals surface area contributed by atoms with E-state index in [1.54, 1.807) is 17.1 Å². The third-order valence-electron chi connectivity index (χ3n) is 4.42. The van der Waals surface area contributed by atoms with Gasteiger partial charge in [0.2, 0.25) is 0 Å². The number of carbonyl (C=O) groups is 1. The van der Waals surface area contributed by atoms with Gasteiger partial charge in [-0.1, -0.05) is 29.8 Å². The summed E-state index contributed by atoms with van der Waals surface area (Å²) in [5.74, 6) is 0.651. The fourth-order valence-electron chi connectivity index (χ4n) is 2.89. The molecule has 3 aromatic rings. The molecule has 0 spiro atoms. The van der Waals surface area contributed by atoms with Crippen molar-refractivity contribution >= 4 is 23.3 Å². The average Bonchev–Trinajstić information content (AvgIpc) is 3.11. The lowest BCUT2D eigenvalue weighted by molar-refractivity contribution is 0.0950. The lowest BCUT2D eigenvalue weighted by atomic mass is 10.1. The summed E-state index contributed by atoms with van der Waals surface area (Å²) in [6.45, 7) is 4.89. The van der Waals surface area contributed by atoms with Crippen LogP contribution in [0.4, 0.5) is 5.82 Å². The Hall–Kier alpha value is -2.86. The number of hydrogen-bond acceptors (Lipinski definition) is 4. The average molecular weight is 384 g/mol. The van der Waals surface area contributed by atoms with E-state index >= 15 is 0 Å². The van der Waals surface area contributed by atoms with Gasteiger partial charge in [0.1, 0.15) is 5.82 Å². The summed E-state index contributed by atoms with van der Waals surface area (Å²) in [4.78, 5) is 16.9. The fourth-order valence-corrected chi connectivity index (χ4v) is 3.09. The first-order valence-electron chi connectivity index (χ1n) is 8.67. The first kappa shape index (κ1) is 18.9. The molecule has 6 nitrogen and oxygen atoms in total. The molecule has 0 fully saturated rings. The van der Waals surface area contributed by atoms with Crippen LogP contribution in [0.3, 0.4) is 0 Å². The summed E-state index contributed by atoms with van der Waals surface area (Å²) in [6.07, 6.45) is 3.29. The quantitative estimate of drug-likeness (QED) is 0.682. The summed E-state index contributed by atoms with van der Waals surface area (Å²) < 4.78 is 1.70. The van der Waals surface area contributed by atoms with E-state index in [9.17, 15) is 4.79 Å². The predicted octanol–water partition coefficient (Wildman–Crippen LogP) is 3.57. The molecule has 2 aromatic heterocycles. The molecule has 0 unspecified atom stereocenters. The summed E-state index contributed by atoms with van der Waals surface area (Å²) >= 11 is 6.18. The number of halogens is 1. The lowest BCUT2D eigenvalue weighted by Crippen LogP contribution is -2.23. The van der Waals surface area contributed by atoms with Gasteiger partial charge in [-0.25, -0.2) is 4.98 Å². The molecule has 27 heavy (non-hydrogen) atoms. The maximum atomic E-state index is 12.5. The zero-order valence-electron chi connectivity index (χ0n) is 15.6. The first-order valence-corrected chi connectivity index (χ1v) is 9.04. The van der Waals surface area contributed by atoms with Gasteiger partial charge in [-0.15, -0.1) is 0 Å². The number of carbonyl (C=O) groups excluding carboxylic acids is 1. The molecular formula is C20H22ClN5O. The van der Waals surface area contributed by atoms with Gasteiger partial charge >= 0.3 is 0 Å². The number of nitrogens with zero attached hydrogens (tertiary/aromatic N) is 3. The third kappa shape index (κ3) is 4.46. The number of rotatable bonds is 6. The predicted molar refractivity (Wildman–Crippen MR) is 107 cm³/mol. The summed E-state index contributed by atoms with van der Waals surface area (Å²) in [5.41, 5.74) is 4.47. The van der Waals surface area contributed by atoms with Crippen molar-refractivity contribution in [3.8, 4) is 0 Å². The highest BCUT2D eigenvalue weighted by Gasteiger charge is 2.12. The van der Waals surface area contributed by atoms with Gasteiger partial charge < -0.3 is 10.6 Å². The Balaban J connectivity index is 1.66. The van der Waals surface area contributed by atoms with Gasteiger partial charge in [0.25, 0.3) is 5.91 Å². The number of hydrogen-bond donors (Lipinski definition) is 2. The van der Waals surface area contributed by atoms with Crippen molar-refractivity contribution in [3.05, 3.63) is 75.7 Å². The first-order chi connectivity index (χ1) is 13.0. The van der Waals surface area contributed by atoms with Crippen LogP contribution in [-0.2, 0) is 13.1 Å². The van der Waals surface area contributed by atoms with Crippen LogP contribution in [0.2, 0.25) is 5.02 Å². The number of nitrogens with one attached hydrogen (secondary N) is 2. The van der Waals surface area contributed by atoms with E-state index in [-0.39, 0.29) is 5.91 Å². The van der Waals surface area contributed by atoms with Crippen LogP contribution in [0.25, 0.3) is 0 Å². The Kier molecular flexibility index (Phi) is 5.76. The monoisotopic (exact) mass is 383 g/mol. The molecule has 0 aliphatic rings. The molecule has 1 amide bonds. The summed E-state index contributed by atoms with van der Waals surface area (Å²) in [6, 6.07) is 9.56. The zero-order chi connectivity index (χ0) is 19.4. The largest absolute Gasteiger partial charge is 0.373 e. The summed E-state index contributed by atoms with van der Waals surface area (Å²) in [5, 5.41) is 10.9. The Bertz CT molecular complexity index is 944. The van der Waals surface area contributed by atoms with E-state index in [4.69, 9.17) is 11.6 Å². The van der Waals surface area contributed by atoms with Crippen molar-refractivity contribution in [1.29, 1.82) is 0 Å². The molecule has 0 aliphatic heterocycles. The number of pyridine rings is 1. The maximum absolute atomic E-state index is 12.5. The molecule has 7 heteroatoms. The van der Waals surface area contributed by atoms with Crippen molar-refractivity contribution in [3.63, 3.8) is 0 Å². The SMILES string of the molecule is CNc1cc(C)c(CNC(=O)c2cnn(Cc3ccccc3Cl)c2)c(C)n1. The van der Waals surface area contributed by atoms with E-state index < -0.39 is 0 Å². The van der Waals surface area contributed by atoms with Crippen LogP contribution < -0.4 is 10.6 Å². The molecule has 0 saturated carbocycles. The smallest absolute Gasteiger partial charge is 0.254 e. The maximum Gasteiger partial charge on any atom is 0.254 e. The van der Waals surface area contributed by atoms with E-state index in [0.29, 0.717) is 23.7 Å². The van der Waals surface area contributed by atoms with Crippen molar-refractivity contribution in [1.82, 2.24) is 20.1 Å². The van der Waals surface area contributed by atoms with Crippen LogP contribution >= 0.6 is 11.6 Å². The standard InChI is InChI=1S/C20H22ClN5O/c1-13-8-19(22-3)25-14(2)17(13)10-23-20(27)16-9-24-26(12-16)11-15-6-4-5-7-18(15)21/h4-9,12H,10-11H2,1-3H3,(H,22,25)(H,23,27). The minimum Gasteiger partial charge on any atom is -0.373 e. The second kappa shape index (κ2) is 8.22. The molecule has 0 saturated heterocycles. The topological polar surface area (TPSA) is 71.8 Å². The molecule has 140 valence electrons. The van der Waals surface area contributed by atoms with E-state index in [1.165, 1.54) is 0 Å².